The molecule has 2 rings (SSSR count). The van der Waals surface area contributed by atoms with Crippen molar-refractivity contribution in [2.75, 3.05) is 0 Å². The molecular weight excluding hydrogens is 201 g/mol. The third-order valence-corrected chi connectivity index (χ3v) is 3.04. The van der Waals surface area contributed by atoms with Gasteiger partial charge in [-0.2, -0.15) is 0 Å². The Balaban J connectivity index is 2.27. The van der Waals surface area contributed by atoms with Crippen molar-refractivity contribution < 1.29 is 4.39 Å². The first-order valence-corrected chi connectivity index (χ1v) is 5.51. The molecule has 0 heterocycles. The highest BCUT2D eigenvalue weighted by atomic mass is 19.1. The van der Waals surface area contributed by atoms with E-state index >= 15 is 0 Å². The van der Waals surface area contributed by atoms with Crippen LogP contribution < -0.4 is 5.32 Å². The van der Waals surface area contributed by atoms with Gasteiger partial charge in [0.05, 0.1) is 11.6 Å². The number of nitrogens with one attached hydrogen (secondary N) is 1. The minimum Gasteiger partial charge on any atom is -0.292 e. The van der Waals surface area contributed by atoms with Crippen LogP contribution >= 0.6 is 0 Å². The zero-order valence-corrected chi connectivity index (χ0v) is 9.63. The predicted octanol–water partition coefficient (Wildman–Crippen LogP) is 2.62. The third kappa shape index (κ3) is 1.96. The normalized spacial score (nSPS) is 23.9. The molecule has 2 heteroatoms. The Hall–Kier alpha value is -1.33. The van der Waals surface area contributed by atoms with E-state index in [1.54, 1.807) is 0 Å². The van der Waals surface area contributed by atoms with Gasteiger partial charge < -0.3 is 0 Å². The summed E-state index contributed by atoms with van der Waals surface area (Å²) in [5.41, 5.74) is 1.64. The number of hydrogen-bond donors (Lipinski definition) is 1. The lowest BCUT2D eigenvalue weighted by Gasteiger charge is -2.26. The quantitative estimate of drug-likeness (QED) is 0.751. The fraction of sp³-hybridized carbons (Fsp3) is 0.429. The molecule has 1 unspecified atom stereocenters. The second-order valence-corrected chi connectivity index (χ2v) is 4.81. The summed E-state index contributed by atoms with van der Waals surface area (Å²) < 4.78 is 13.9. The Kier molecular flexibility index (Phi) is 2.73. The van der Waals surface area contributed by atoms with Crippen molar-refractivity contribution in [1.29, 1.82) is 0 Å². The monoisotopic (exact) mass is 217 g/mol. The maximum absolute atomic E-state index is 13.9. The molecule has 0 amide bonds. The van der Waals surface area contributed by atoms with Gasteiger partial charge in [-0.3, -0.25) is 5.32 Å². The summed E-state index contributed by atoms with van der Waals surface area (Å²) in [5.74, 6) is 2.64. The minimum atomic E-state index is -0.884. The summed E-state index contributed by atoms with van der Waals surface area (Å²) in [5, 5.41) is 3.20. The first-order chi connectivity index (χ1) is 7.53. The molecule has 0 aliphatic heterocycles. The summed E-state index contributed by atoms with van der Waals surface area (Å²) in [4.78, 5) is 0. The van der Waals surface area contributed by atoms with E-state index in [9.17, 15) is 4.39 Å². The van der Waals surface area contributed by atoms with Gasteiger partial charge in [-0.15, -0.1) is 6.42 Å². The molecule has 0 saturated heterocycles. The molecule has 1 N–H and O–H groups in total. The van der Waals surface area contributed by atoms with Crippen LogP contribution in [-0.4, -0.2) is 11.7 Å². The van der Waals surface area contributed by atoms with Crippen molar-refractivity contribution in [2.45, 2.75) is 38.0 Å². The zero-order valence-electron chi connectivity index (χ0n) is 9.63. The number of benzene rings is 1. The average molecular weight is 217 g/mol. The summed E-state index contributed by atoms with van der Waals surface area (Å²) in [6.07, 6.45) is 5.01. The van der Waals surface area contributed by atoms with Crippen LogP contribution in [0, 0.1) is 12.3 Å². The van der Waals surface area contributed by atoms with Crippen molar-refractivity contribution >= 4 is 0 Å². The Bertz CT molecular complexity index is 431. The van der Waals surface area contributed by atoms with Gasteiger partial charge in [-0.05, 0) is 25.0 Å². The van der Waals surface area contributed by atoms with Crippen molar-refractivity contribution in [1.82, 2.24) is 5.32 Å². The van der Waals surface area contributed by atoms with Crippen LogP contribution in [0.25, 0.3) is 0 Å². The van der Waals surface area contributed by atoms with Gasteiger partial charge in [0, 0.05) is 6.42 Å². The Labute approximate surface area is 96.1 Å². The highest BCUT2D eigenvalue weighted by molar-refractivity contribution is 5.37. The van der Waals surface area contributed by atoms with Crippen molar-refractivity contribution in [3.8, 4) is 12.3 Å². The maximum Gasteiger partial charge on any atom is 0.124 e. The summed E-state index contributed by atoms with van der Waals surface area (Å²) in [6.45, 7) is 3.78. The number of alkyl halides is 1. The Morgan fingerprint density at radius 3 is 2.81 bits per heavy atom. The fourth-order valence-electron chi connectivity index (χ4n) is 2.14. The molecule has 0 spiro atoms. The zero-order chi connectivity index (χ0) is 11.8. The molecule has 1 nitrogen and oxygen atoms in total. The fourth-order valence-corrected chi connectivity index (χ4v) is 2.14. The number of halogens is 1. The van der Waals surface area contributed by atoms with Gasteiger partial charge >= 0.3 is 0 Å². The maximum atomic E-state index is 13.9. The van der Waals surface area contributed by atoms with Crippen LogP contribution in [0.3, 0.4) is 0 Å². The van der Waals surface area contributed by atoms with Crippen LogP contribution in [-0.2, 0) is 6.42 Å². The molecule has 16 heavy (non-hydrogen) atoms. The molecule has 0 aromatic heterocycles. The van der Waals surface area contributed by atoms with Gasteiger partial charge in [0.15, 0.2) is 0 Å². The standard InChI is InChI=1S/C14H16FN/c1-4-14(2,3)16-13-11-8-6-5-7-10(11)9-12(13)15/h1,5-8,12-13,16H,9H2,2-3H3/t12-,13?/m0/s1. The van der Waals surface area contributed by atoms with Crippen molar-refractivity contribution in [3.05, 3.63) is 35.4 Å². The molecule has 1 aromatic carbocycles. The largest absolute Gasteiger partial charge is 0.292 e. The second kappa shape index (κ2) is 3.92. The van der Waals surface area contributed by atoms with Crippen LogP contribution in [0.1, 0.15) is 31.0 Å². The first kappa shape index (κ1) is 11.2. The molecule has 2 atom stereocenters. The number of fused-ring (bicyclic) bond motifs is 1. The van der Waals surface area contributed by atoms with E-state index in [0.29, 0.717) is 6.42 Å². The van der Waals surface area contributed by atoms with E-state index in [4.69, 9.17) is 6.42 Å². The molecule has 1 aromatic rings. The molecule has 0 radical (unpaired) electrons. The van der Waals surface area contributed by atoms with E-state index < -0.39 is 11.7 Å². The number of rotatable bonds is 2. The topological polar surface area (TPSA) is 12.0 Å². The molecule has 1 aliphatic rings. The van der Waals surface area contributed by atoms with E-state index in [2.05, 4.69) is 11.2 Å². The van der Waals surface area contributed by atoms with E-state index in [-0.39, 0.29) is 6.04 Å². The van der Waals surface area contributed by atoms with Crippen molar-refractivity contribution in [3.63, 3.8) is 0 Å². The highest BCUT2D eigenvalue weighted by Crippen LogP contribution is 2.34. The molecule has 1 aliphatic carbocycles. The lowest BCUT2D eigenvalue weighted by atomic mass is 10.0. The molecular formula is C14H16FN. The van der Waals surface area contributed by atoms with Crippen LogP contribution in [0.15, 0.2) is 24.3 Å². The predicted molar refractivity (Wildman–Crippen MR) is 63.8 cm³/mol. The third-order valence-electron chi connectivity index (χ3n) is 3.04. The molecule has 84 valence electrons. The summed E-state index contributed by atoms with van der Waals surface area (Å²) >= 11 is 0. The SMILES string of the molecule is C#CC(C)(C)NC1c2ccccc2C[C@@H]1F. The Morgan fingerprint density at radius 2 is 2.12 bits per heavy atom. The van der Waals surface area contributed by atoms with Gasteiger partial charge in [0.2, 0.25) is 0 Å². The smallest absolute Gasteiger partial charge is 0.124 e. The minimum absolute atomic E-state index is 0.276. The van der Waals surface area contributed by atoms with Gasteiger partial charge in [-0.25, -0.2) is 4.39 Å². The van der Waals surface area contributed by atoms with E-state index in [0.717, 1.165) is 11.1 Å². The average Bonchev–Trinajstić information content (AvgIpc) is 2.56. The lowest BCUT2D eigenvalue weighted by Crippen LogP contribution is -2.42. The Morgan fingerprint density at radius 1 is 1.44 bits per heavy atom. The molecule has 0 saturated carbocycles. The highest BCUT2D eigenvalue weighted by Gasteiger charge is 2.34. The van der Waals surface area contributed by atoms with Gasteiger partial charge in [-0.1, -0.05) is 30.2 Å². The number of terminal acetylenes is 1. The van der Waals surface area contributed by atoms with Crippen LogP contribution in [0.5, 0.6) is 0 Å². The van der Waals surface area contributed by atoms with Gasteiger partial charge in [0.1, 0.15) is 6.17 Å². The van der Waals surface area contributed by atoms with E-state index in [1.165, 1.54) is 0 Å². The molecule has 0 bridgehead atoms. The van der Waals surface area contributed by atoms with Crippen LogP contribution in [0.2, 0.25) is 0 Å². The summed E-state index contributed by atoms with van der Waals surface area (Å²) in [6, 6.07) is 7.56. The van der Waals surface area contributed by atoms with Crippen LogP contribution in [0.4, 0.5) is 4.39 Å². The first-order valence-electron chi connectivity index (χ1n) is 5.51. The van der Waals surface area contributed by atoms with E-state index in [1.807, 2.05) is 38.1 Å². The van der Waals surface area contributed by atoms with Crippen molar-refractivity contribution in [2.24, 2.45) is 0 Å². The molecule has 0 fully saturated rings. The lowest BCUT2D eigenvalue weighted by molar-refractivity contribution is 0.245. The number of hydrogen-bond acceptors (Lipinski definition) is 1. The van der Waals surface area contributed by atoms with Gasteiger partial charge in [0.25, 0.3) is 0 Å². The second-order valence-electron chi connectivity index (χ2n) is 4.81. The summed E-state index contributed by atoms with van der Waals surface area (Å²) in [7, 11) is 0.